The van der Waals surface area contributed by atoms with Gasteiger partial charge in [-0.15, -0.1) is 0 Å². The van der Waals surface area contributed by atoms with Gasteiger partial charge in [0.15, 0.2) is 0 Å². The maximum absolute atomic E-state index is 11.9. The highest BCUT2D eigenvalue weighted by Gasteiger charge is 2.20. The summed E-state index contributed by atoms with van der Waals surface area (Å²) in [4.78, 5) is 47.5. The van der Waals surface area contributed by atoms with Gasteiger partial charge in [0.25, 0.3) is 0 Å². The molecule has 0 saturated heterocycles. The average Bonchev–Trinajstić information content (AvgIpc) is 3.26. The average molecular weight is 439 g/mol. The summed E-state index contributed by atoms with van der Waals surface area (Å²) in [6, 6.07) is 11.8. The van der Waals surface area contributed by atoms with Gasteiger partial charge in [-0.25, -0.2) is 5.43 Å². The van der Waals surface area contributed by atoms with E-state index in [1.165, 1.54) is 6.21 Å². The third kappa shape index (κ3) is 7.08. The summed E-state index contributed by atoms with van der Waals surface area (Å²) in [7, 11) is 0. The second kappa shape index (κ2) is 11.4. The number of furan rings is 1. The van der Waals surface area contributed by atoms with Gasteiger partial charge in [0.2, 0.25) is 0 Å². The van der Waals surface area contributed by atoms with E-state index in [0.29, 0.717) is 17.2 Å². The van der Waals surface area contributed by atoms with Crippen molar-refractivity contribution in [2.45, 2.75) is 44.7 Å². The second-order valence-corrected chi connectivity index (χ2v) is 7.31. The fourth-order valence-corrected chi connectivity index (χ4v) is 3.22. The third-order valence-corrected chi connectivity index (χ3v) is 4.85. The minimum absolute atomic E-state index is 0.00889. The smallest absolute Gasteiger partial charge is 0.329 e. The van der Waals surface area contributed by atoms with E-state index in [0.717, 1.165) is 32.1 Å². The molecule has 1 aliphatic rings. The summed E-state index contributed by atoms with van der Waals surface area (Å²) < 4.78 is 5.45. The zero-order chi connectivity index (χ0) is 22.8. The van der Waals surface area contributed by atoms with Crippen molar-refractivity contribution in [3.05, 3.63) is 54.0 Å². The van der Waals surface area contributed by atoms with Crippen LogP contribution < -0.4 is 21.4 Å². The monoisotopic (exact) mass is 439 g/mol. The van der Waals surface area contributed by atoms with Crippen molar-refractivity contribution in [3.63, 3.8) is 0 Å². The molecule has 4 amide bonds. The molecule has 10 heteroatoms. The van der Waals surface area contributed by atoms with Crippen LogP contribution in [0, 0.1) is 0 Å². The lowest BCUT2D eigenvalue weighted by Gasteiger charge is -2.22. The first-order valence-corrected chi connectivity index (χ1v) is 10.4. The Balaban J connectivity index is 1.39. The van der Waals surface area contributed by atoms with Gasteiger partial charge in [0.1, 0.15) is 11.5 Å². The summed E-state index contributed by atoms with van der Waals surface area (Å²) in [5.74, 6) is -2.49. The van der Waals surface area contributed by atoms with Crippen LogP contribution in [0.15, 0.2) is 52.0 Å². The number of benzene rings is 1. The zero-order valence-corrected chi connectivity index (χ0v) is 17.4. The first-order valence-electron chi connectivity index (χ1n) is 10.4. The van der Waals surface area contributed by atoms with Crippen LogP contribution in [0.1, 0.15) is 43.6 Å². The SMILES string of the molecule is O=C(NCc1ccc(/C=N/NC(=O)C(=O)NC2CCCCC2)o1)C(=O)Nc1ccccc1. The molecule has 1 heterocycles. The Hall–Kier alpha value is -3.95. The molecule has 0 radical (unpaired) electrons. The Bertz CT molecular complexity index is 980. The van der Waals surface area contributed by atoms with Crippen LogP contribution in [0.5, 0.6) is 0 Å². The minimum atomic E-state index is -0.852. The Kier molecular flexibility index (Phi) is 8.13. The number of amides is 4. The van der Waals surface area contributed by atoms with E-state index in [-0.39, 0.29) is 12.6 Å². The van der Waals surface area contributed by atoms with E-state index < -0.39 is 23.6 Å². The molecule has 168 valence electrons. The fourth-order valence-electron chi connectivity index (χ4n) is 3.22. The molecule has 2 aromatic rings. The molecular weight excluding hydrogens is 414 g/mol. The standard InChI is InChI=1S/C22H25N5O5/c28-19(20(29)25-15-7-3-1-4-8-15)23-13-17-11-12-18(32-17)14-24-27-22(31)21(30)26-16-9-5-2-6-10-16/h1,3-4,7-8,11-12,14,16H,2,5-6,9-10,13H2,(H,23,28)(H,25,29)(H,26,30)(H,27,31)/b24-14+. The molecule has 1 fully saturated rings. The number of hydrogen-bond acceptors (Lipinski definition) is 6. The Morgan fingerprint density at radius 3 is 2.41 bits per heavy atom. The lowest BCUT2D eigenvalue weighted by atomic mass is 9.95. The number of nitrogens with zero attached hydrogens (tertiary/aromatic N) is 1. The first kappa shape index (κ1) is 22.7. The highest BCUT2D eigenvalue weighted by atomic mass is 16.3. The molecule has 0 spiro atoms. The number of hydrazone groups is 1. The van der Waals surface area contributed by atoms with E-state index in [4.69, 9.17) is 4.42 Å². The number of nitrogens with one attached hydrogen (secondary N) is 4. The molecule has 0 atom stereocenters. The van der Waals surface area contributed by atoms with Gasteiger partial charge < -0.3 is 20.4 Å². The molecule has 3 rings (SSSR count). The largest absolute Gasteiger partial charge is 0.458 e. The van der Waals surface area contributed by atoms with Gasteiger partial charge in [0.05, 0.1) is 12.8 Å². The quantitative estimate of drug-likeness (QED) is 0.306. The van der Waals surface area contributed by atoms with Gasteiger partial charge in [-0.05, 0) is 37.1 Å². The zero-order valence-electron chi connectivity index (χ0n) is 17.4. The van der Waals surface area contributed by atoms with Crippen molar-refractivity contribution >= 4 is 35.5 Å². The Labute approximate surface area is 184 Å². The van der Waals surface area contributed by atoms with Gasteiger partial charge >= 0.3 is 23.6 Å². The fraction of sp³-hybridized carbons (Fsp3) is 0.318. The topological polar surface area (TPSA) is 142 Å². The molecule has 1 saturated carbocycles. The number of anilines is 1. The van der Waals surface area contributed by atoms with E-state index >= 15 is 0 Å². The number of rotatable bonds is 6. The predicted molar refractivity (Wildman–Crippen MR) is 116 cm³/mol. The summed E-state index contributed by atoms with van der Waals surface area (Å²) in [6.07, 6.45) is 6.23. The summed E-state index contributed by atoms with van der Waals surface area (Å²) >= 11 is 0. The van der Waals surface area contributed by atoms with Crippen molar-refractivity contribution in [3.8, 4) is 0 Å². The molecule has 32 heavy (non-hydrogen) atoms. The van der Waals surface area contributed by atoms with Crippen LogP contribution in [-0.2, 0) is 25.7 Å². The molecule has 1 aliphatic carbocycles. The van der Waals surface area contributed by atoms with Crippen molar-refractivity contribution in [2.24, 2.45) is 5.10 Å². The van der Waals surface area contributed by atoms with Crippen LogP contribution in [0.3, 0.4) is 0 Å². The van der Waals surface area contributed by atoms with Gasteiger partial charge in [-0.3, -0.25) is 19.2 Å². The lowest BCUT2D eigenvalue weighted by Crippen LogP contribution is -2.44. The van der Waals surface area contributed by atoms with E-state index in [1.54, 1.807) is 42.5 Å². The van der Waals surface area contributed by atoms with Crippen LogP contribution in [0.4, 0.5) is 5.69 Å². The number of para-hydroxylation sites is 1. The molecule has 0 bridgehead atoms. The molecule has 10 nitrogen and oxygen atoms in total. The van der Waals surface area contributed by atoms with Crippen molar-refractivity contribution in [1.82, 2.24) is 16.1 Å². The highest BCUT2D eigenvalue weighted by molar-refractivity contribution is 6.39. The maximum Gasteiger partial charge on any atom is 0.329 e. The van der Waals surface area contributed by atoms with Gasteiger partial charge in [-0.2, -0.15) is 5.10 Å². The second-order valence-electron chi connectivity index (χ2n) is 7.31. The summed E-state index contributed by atoms with van der Waals surface area (Å²) in [6.45, 7) is -0.00889. The Morgan fingerprint density at radius 1 is 0.906 bits per heavy atom. The number of carbonyl (C=O) groups is 4. The van der Waals surface area contributed by atoms with Crippen LogP contribution in [0.2, 0.25) is 0 Å². The van der Waals surface area contributed by atoms with Gasteiger partial charge in [-0.1, -0.05) is 37.5 Å². The van der Waals surface area contributed by atoms with E-state index in [2.05, 4.69) is 26.5 Å². The number of hydrogen-bond donors (Lipinski definition) is 4. The van der Waals surface area contributed by atoms with E-state index in [1.807, 2.05) is 0 Å². The normalized spacial score (nSPS) is 14.0. The summed E-state index contributed by atoms with van der Waals surface area (Å²) in [5.41, 5.74) is 2.67. The lowest BCUT2D eigenvalue weighted by molar-refractivity contribution is -0.139. The van der Waals surface area contributed by atoms with Crippen molar-refractivity contribution in [1.29, 1.82) is 0 Å². The minimum Gasteiger partial charge on any atom is -0.458 e. The van der Waals surface area contributed by atoms with Crippen LogP contribution >= 0.6 is 0 Å². The Morgan fingerprint density at radius 2 is 1.66 bits per heavy atom. The predicted octanol–water partition coefficient (Wildman–Crippen LogP) is 1.43. The summed E-state index contributed by atoms with van der Waals surface area (Å²) in [5, 5.41) is 11.3. The van der Waals surface area contributed by atoms with Crippen LogP contribution in [-0.4, -0.2) is 35.9 Å². The maximum atomic E-state index is 11.9. The number of carbonyl (C=O) groups excluding carboxylic acids is 4. The van der Waals surface area contributed by atoms with Gasteiger partial charge in [0, 0.05) is 11.7 Å². The highest BCUT2D eigenvalue weighted by Crippen LogP contribution is 2.17. The molecular formula is C22H25N5O5. The third-order valence-electron chi connectivity index (χ3n) is 4.85. The van der Waals surface area contributed by atoms with E-state index in [9.17, 15) is 19.2 Å². The van der Waals surface area contributed by atoms with Crippen LogP contribution in [0.25, 0.3) is 0 Å². The molecule has 1 aromatic heterocycles. The molecule has 0 unspecified atom stereocenters. The first-order chi connectivity index (χ1) is 15.5. The molecule has 4 N–H and O–H groups in total. The molecule has 1 aromatic carbocycles. The van der Waals surface area contributed by atoms with Crippen molar-refractivity contribution in [2.75, 3.05) is 5.32 Å². The molecule has 0 aliphatic heterocycles. The van der Waals surface area contributed by atoms with Crippen molar-refractivity contribution < 1.29 is 23.6 Å².